The maximum Gasteiger partial charge on any atom is 0.267 e. The second-order valence-electron chi connectivity index (χ2n) is 7.28. The van der Waals surface area contributed by atoms with E-state index in [0.717, 1.165) is 40.6 Å². The number of hydrogen-bond donors (Lipinski definition) is 0. The molecule has 1 saturated carbocycles. The number of aliphatic imine (C=N–C) groups is 1. The summed E-state index contributed by atoms with van der Waals surface area (Å²) in [6.07, 6.45) is 12.2. The van der Waals surface area contributed by atoms with E-state index in [0.29, 0.717) is 0 Å². The number of carbonyl (C=O) groups excluding carboxylic acids is 1. The SMILES string of the molecule is CCc1ccc(/C=C2\SC(=Nc3cccnc3)N(C3CCCCC3)C2=O)cc1. The zero-order valence-corrected chi connectivity index (χ0v) is 17.0. The number of amides is 1. The van der Waals surface area contributed by atoms with E-state index < -0.39 is 0 Å². The molecule has 2 aliphatic rings. The fraction of sp³-hybridized carbons (Fsp3) is 0.348. The lowest BCUT2D eigenvalue weighted by atomic mass is 9.94. The summed E-state index contributed by atoms with van der Waals surface area (Å²) in [7, 11) is 0. The topological polar surface area (TPSA) is 45.6 Å². The van der Waals surface area contributed by atoms with Crippen LogP contribution in [-0.4, -0.2) is 27.0 Å². The van der Waals surface area contributed by atoms with Gasteiger partial charge in [0.25, 0.3) is 5.91 Å². The van der Waals surface area contributed by atoms with Crippen LogP contribution in [0.15, 0.2) is 58.7 Å². The highest BCUT2D eigenvalue weighted by molar-refractivity contribution is 8.18. The Hall–Kier alpha value is -2.40. The van der Waals surface area contributed by atoms with E-state index in [9.17, 15) is 4.79 Å². The Morgan fingerprint density at radius 1 is 1.18 bits per heavy atom. The van der Waals surface area contributed by atoms with Crippen molar-refractivity contribution in [1.82, 2.24) is 9.88 Å². The highest BCUT2D eigenvalue weighted by Crippen LogP contribution is 2.38. The van der Waals surface area contributed by atoms with Crippen LogP contribution in [0.1, 0.15) is 50.2 Å². The molecule has 2 heterocycles. The lowest BCUT2D eigenvalue weighted by Crippen LogP contribution is -2.40. The number of aryl methyl sites for hydroxylation is 1. The van der Waals surface area contributed by atoms with Crippen LogP contribution in [0, 0.1) is 0 Å². The summed E-state index contributed by atoms with van der Waals surface area (Å²) in [5.74, 6) is 0.0825. The van der Waals surface area contributed by atoms with Crippen LogP contribution in [0.5, 0.6) is 0 Å². The van der Waals surface area contributed by atoms with E-state index >= 15 is 0 Å². The van der Waals surface area contributed by atoms with Crippen molar-refractivity contribution in [2.45, 2.75) is 51.5 Å². The number of benzene rings is 1. The van der Waals surface area contributed by atoms with Gasteiger partial charge in [-0.2, -0.15) is 0 Å². The molecule has 0 atom stereocenters. The smallest absolute Gasteiger partial charge is 0.267 e. The van der Waals surface area contributed by atoms with E-state index in [-0.39, 0.29) is 11.9 Å². The molecule has 1 saturated heterocycles. The van der Waals surface area contributed by atoms with Gasteiger partial charge in [0.1, 0.15) is 0 Å². The van der Waals surface area contributed by atoms with Gasteiger partial charge in [-0.05, 0) is 60.4 Å². The van der Waals surface area contributed by atoms with Crippen LogP contribution in [-0.2, 0) is 11.2 Å². The van der Waals surface area contributed by atoms with Crippen molar-refractivity contribution in [3.05, 3.63) is 64.8 Å². The maximum absolute atomic E-state index is 13.3. The van der Waals surface area contributed by atoms with Crippen molar-refractivity contribution in [3.8, 4) is 0 Å². The fourth-order valence-corrected chi connectivity index (χ4v) is 4.82. The highest BCUT2D eigenvalue weighted by Gasteiger charge is 2.38. The van der Waals surface area contributed by atoms with Crippen LogP contribution in [0.25, 0.3) is 6.08 Å². The summed E-state index contributed by atoms with van der Waals surface area (Å²) in [6.45, 7) is 2.15. The summed E-state index contributed by atoms with van der Waals surface area (Å²) in [4.78, 5) is 24.9. The van der Waals surface area contributed by atoms with Gasteiger partial charge in [0.15, 0.2) is 5.17 Å². The molecule has 4 nitrogen and oxygen atoms in total. The third kappa shape index (κ3) is 4.20. The van der Waals surface area contributed by atoms with E-state index in [4.69, 9.17) is 4.99 Å². The van der Waals surface area contributed by atoms with Crippen molar-refractivity contribution in [2.75, 3.05) is 0 Å². The van der Waals surface area contributed by atoms with Crippen molar-refractivity contribution in [3.63, 3.8) is 0 Å². The normalized spacial score (nSPS) is 21.0. The zero-order chi connectivity index (χ0) is 19.3. The molecule has 28 heavy (non-hydrogen) atoms. The first kappa shape index (κ1) is 18.9. The molecule has 0 unspecified atom stereocenters. The van der Waals surface area contributed by atoms with Gasteiger partial charge in [0.05, 0.1) is 16.8 Å². The van der Waals surface area contributed by atoms with Gasteiger partial charge in [-0.3, -0.25) is 14.7 Å². The lowest BCUT2D eigenvalue weighted by Gasteiger charge is -2.30. The number of thioether (sulfide) groups is 1. The maximum atomic E-state index is 13.3. The molecule has 2 aromatic rings. The van der Waals surface area contributed by atoms with Gasteiger partial charge >= 0.3 is 0 Å². The summed E-state index contributed by atoms with van der Waals surface area (Å²) in [6, 6.07) is 12.5. The van der Waals surface area contributed by atoms with E-state index in [1.165, 1.54) is 36.6 Å². The number of aromatic nitrogens is 1. The molecule has 4 rings (SSSR count). The Balaban J connectivity index is 1.66. The minimum absolute atomic E-state index is 0.0825. The second-order valence-corrected chi connectivity index (χ2v) is 8.29. The third-order valence-electron chi connectivity index (χ3n) is 5.33. The Labute approximate surface area is 170 Å². The summed E-state index contributed by atoms with van der Waals surface area (Å²) < 4.78 is 0. The van der Waals surface area contributed by atoms with Crippen LogP contribution in [0.2, 0.25) is 0 Å². The van der Waals surface area contributed by atoms with Crippen LogP contribution < -0.4 is 0 Å². The second kappa shape index (κ2) is 8.74. The first-order chi connectivity index (χ1) is 13.7. The number of amidine groups is 1. The Morgan fingerprint density at radius 2 is 1.96 bits per heavy atom. The number of pyridine rings is 1. The zero-order valence-electron chi connectivity index (χ0n) is 16.2. The predicted molar refractivity (Wildman–Crippen MR) is 116 cm³/mol. The molecular weight excluding hydrogens is 366 g/mol. The predicted octanol–water partition coefficient (Wildman–Crippen LogP) is 5.58. The van der Waals surface area contributed by atoms with E-state index in [2.05, 4.69) is 36.2 Å². The molecule has 1 amide bonds. The standard InChI is InChI=1S/C23H25N3OS/c1-2-17-10-12-18(13-11-17)15-21-22(27)26(20-8-4-3-5-9-20)23(28-21)25-19-7-6-14-24-16-19/h6-7,10-16,20H,2-5,8-9H2,1H3/b21-15-,25-23?. The van der Waals surface area contributed by atoms with Gasteiger partial charge in [0, 0.05) is 12.2 Å². The van der Waals surface area contributed by atoms with E-state index in [1.54, 1.807) is 12.4 Å². The Bertz CT molecular complexity index is 884. The molecular formula is C23H25N3OS. The minimum atomic E-state index is 0.0825. The van der Waals surface area contributed by atoms with Crippen molar-refractivity contribution in [2.24, 2.45) is 4.99 Å². The Kier molecular flexibility index (Phi) is 5.91. The molecule has 2 fully saturated rings. The van der Waals surface area contributed by atoms with Gasteiger partial charge < -0.3 is 0 Å². The molecule has 0 radical (unpaired) electrons. The van der Waals surface area contributed by atoms with Crippen LogP contribution in [0.3, 0.4) is 0 Å². The van der Waals surface area contributed by atoms with Crippen LogP contribution >= 0.6 is 11.8 Å². The highest BCUT2D eigenvalue weighted by atomic mass is 32.2. The summed E-state index contributed by atoms with van der Waals surface area (Å²) in [5.41, 5.74) is 3.14. The van der Waals surface area contributed by atoms with E-state index in [1.807, 2.05) is 23.1 Å². The van der Waals surface area contributed by atoms with Crippen LogP contribution in [0.4, 0.5) is 5.69 Å². The molecule has 5 heteroatoms. The molecule has 0 N–H and O–H groups in total. The average molecular weight is 392 g/mol. The number of nitrogens with zero attached hydrogens (tertiary/aromatic N) is 3. The minimum Gasteiger partial charge on any atom is -0.283 e. The van der Waals surface area contributed by atoms with Gasteiger partial charge in [-0.25, -0.2) is 4.99 Å². The molecule has 1 aromatic carbocycles. The molecule has 0 bridgehead atoms. The first-order valence-corrected chi connectivity index (χ1v) is 10.9. The fourth-order valence-electron chi connectivity index (χ4n) is 3.76. The summed E-state index contributed by atoms with van der Waals surface area (Å²) >= 11 is 1.48. The monoisotopic (exact) mass is 391 g/mol. The molecule has 1 aliphatic carbocycles. The number of hydrogen-bond acceptors (Lipinski definition) is 4. The van der Waals surface area contributed by atoms with Crippen molar-refractivity contribution >= 4 is 34.6 Å². The molecule has 1 aliphatic heterocycles. The number of rotatable bonds is 4. The Morgan fingerprint density at radius 3 is 2.64 bits per heavy atom. The number of carbonyl (C=O) groups is 1. The molecule has 144 valence electrons. The molecule has 1 aromatic heterocycles. The van der Waals surface area contributed by atoms with Crippen molar-refractivity contribution in [1.29, 1.82) is 0 Å². The lowest BCUT2D eigenvalue weighted by molar-refractivity contribution is -0.124. The van der Waals surface area contributed by atoms with Gasteiger partial charge in [-0.1, -0.05) is 50.5 Å². The summed E-state index contributed by atoms with van der Waals surface area (Å²) in [5, 5.41) is 0.779. The third-order valence-corrected chi connectivity index (χ3v) is 6.32. The molecule has 0 spiro atoms. The van der Waals surface area contributed by atoms with Crippen molar-refractivity contribution < 1.29 is 4.79 Å². The average Bonchev–Trinajstić information content (AvgIpc) is 3.04. The quantitative estimate of drug-likeness (QED) is 0.639. The first-order valence-electron chi connectivity index (χ1n) is 10.1. The van der Waals surface area contributed by atoms with Gasteiger partial charge in [0.2, 0.25) is 0 Å². The largest absolute Gasteiger partial charge is 0.283 e. The van der Waals surface area contributed by atoms with Gasteiger partial charge in [-0.15, -0.1) is 0 Å².